The molecule has 0 unspecified atom stereocenters. The highest BCUT2D eigenvalue weighted by Crippen LogP contribution is 2.32. The molecule has 0 bridgehead atoms. The summed E-state index contributed by atoms with van der Waals surface area (Å²) in [6.45, 7) is 0. The van der Waals surface area contributed by atoms with E-state index in [-0.39, 0.29) is 5.56 Å². The fourth-order valence-electron chi connectivity index (χ4n) is 1.50. The van der Waals surface area contributed by atoms with Gasteiger partial charge in [0.1, 0.15) is 0 Å². The van der Waals surface area contributed by atoms with Gasteiger partial charge in [-0.05, 0) is 11.5 Å². The highest BCUT2D eigenvalue weighted by atomic mass is 35.5. The maximum absolute atomic E-state index is 12.6. The van der Waals surface area contributed by atoms with Crippen LogP contribution in [0.25, 0.3) is 10.8 Å². The average molecular weight is 213 g/mol. The molecule has 3 heteroatoms. The van der Waals surface area contributed by atoms with Crippen LogP contribution in [0.4, 0.5) is 8.78 Å². The maximum Gasteiger partial charge on any atom is 0.264 e. The second kappa shape index (κ2) is 3.54. The Morgan fingerprint density at radius 3 is 2.29 bits per heavy atom. The van der Waals surface area contributed by atoms with Crippen LogP contribution in [0.5, 0.6) is 0 Å². The normalized spacial score (nSPS) is 11.1. The summed E-state index contributed by atoms with van der Waals surface area (Å²) in [6.07, 6.45) is -2.49. The third kappa shape index (κ3) is 1.46. The lowest BCUT2D eigenvalue weighted by molar-refractivity contribution is 0.153. The van der Waals surface area contributed by atoms with Crippen LogP contribution < -0.4 is 0 Å². The predicted molar refractivity (Wildman–Crippen MR) is 53.9 cm³/mol. The summed E-state index contributed by atoms with van der Waals surface area (Å²) < 4.78 is 25.2. The second-order valence-electron chi connectivity index (χ2n) is 2.99. The van der Waals surface area contributed by atoms with Gasteiger partial charge in [-0.25, -0.2) is 8.78 Å². The van der Waals surface area contributed by atoms with Crippen molar-refractivity contribution in [2.45, 2.75) is 6.43 Å². The second-order valence-corrected chi connectivity index (χ2v) is 3.39. The van der Waals surface area contributed by atoms with Crippen molar-refractivity contribution >= 4 is 22.4 Å². The van der Waals surface area contributed by atoms with E-state index in [1.54, 1.807) is 30.3 Å². The molecule has 0 heterocycles. The van der Waals surface area contributed by atoms with Gasteiger partial charge in [0.2, 0.25) is 0 Å². The number of hydrogen-bond acceptors (Lipinski definition) is 0. The lowest BCUT2D eigenvalue weighted by atomic mass is 10.1. The first kappa shape index (κ1) is 9.41. The first-order chi connectivity index (χ1) is 6.70. The quantitative estimate of drug-likeness (QED) is 0.656. The number of halogens is 3. The van der Waals surface area contributed by atoms with Gasteiger partial charge in [0.25, 0.3) is 6.43 Å². The maximum atomic E-state index is 12.6. The fourth-order valence-corrected chi connectivity index (χ4v) is 1.80. The Balaban J connectivity index is 2.84. The van der Waals surface area contributed by atoms with E-state index in [1.807, 2.05) is 0 Å². The summed E-state index contributed by atoms with van der Waals surface area (Å²) in [4.78, 5) is 0. The number of rotatable bonds is 1. The van der Waals surface area contributed by atoms with E-state index in [2.05, 4.69) is 0 Å². The SMILES string of the molecule is FC(F)c1cccc2cccc(Cl)c12. The van der Waals surface area contributed by atoms with Gasteiger partial charge < -0.3 is 0 Å². The van der Waals surface area contributed by atoms with Crippen LogP contribution in [0, 0.1) is 0 Å². The molecule has 0 radical (unpaired) electrons. The predicted octanol–water partition coefficient (Wildman–Crippen LogP) is 4.43. The van der Waals surface area contributed by atoms with Crippen LogP contribution in [0.3, 0.4) is 0 Å². The van der Waals surface area contributed by atoms with E-state index in [1.165, 1.54) is 6.07 Å². The number of alkyl halides is 2. The van der Waals surface area contributed by atoms with E-state index in [0.29, 0.717) is 10.4 Å². The van der Waals surface area contributed by atoms with Crippen molar-refractivity contribution in [3.8, 4) is 0 Å². The summed E-state index contributed by atoms with van der Waals surface area (Å²) in [5.74, 6) is 0. The molecule has 0 aliphatic heterocycles. The Morgan fingerprint density at radius 2 is 1.64 bits per heavy atom. The molecule has 0 spiro atoms. The van der Waals surface area contributed by atoms with Crippen molar-refractivity contribution in [3.63, 3.8) is 0 Å². The summed E-state index contributed by atoms with van der Waals surface area (Å²) in [6, 6.07) is 9.93. The molecule has 0 N–H and O–H groups in total. The smallest absolute Gasteiger partial charge is 0.205 e. The summed E-state index contributed by atoms with van der Waals surface area (Å²) in [7, 11) is 0. The van der Waals surface area contributed by atoms with Crippen molar-refractivity contribution in [2.75, 3.05) is 0 Å². The fraction of sp³-hybridized carbons (Fsp3) is 0.0909. The van der Waals surface area contributed by atoms with Crippen molar-refractivity contribution in [1.82, 2.24) is 0 Å². The zero-order valence-corrected chi connectivity index (χ0v) is 7.93. The molecule has 0 fully saturated rings. The Kier molecular flexibility index (Phi) is 2.38. The van der Waals surface area contributed by atoms with Crippen molar-refractivity contribution < 1.29 is 8.78 Å². The average Bonchev–Trinajstić information content (AvgIpc) is 2.17. The molecule has 0 nitrogen and oxygen atoms in total. The molecule has 0 aliphatic rings. The van der Waals surface area contributed by atoms with E-state index >= 15 is 0 Å². The van der Waals surface area contributed by atoms with Crippen LogP contribution in [0.2, 0.25) is 5.02 Å². The Bertz CT molecular complexity index is 461. The van der Waals surface area contributed by atoms with Gasteiger partial charge in [0, 0.05) is 16.0 Å². The number of benzene rings is 2. The van der Waals surface area contributed by atoms with Crippen LogP contribution in [0.1, 0.15) is 12.0 Å². The van der Waals surface area contributed by atoms with Crippen molar-refractivity contribution in [1.29, 1.82) is 0 Å². The highest BCUT2D eigenvalue weighted by molar-refractivity contribution is 6.35. The minimum atomic E-state index is -2.49. The lowest BCUT2D eigenvalue weighted by Gasteiger charge is -2.06. The van der Waals surface area contributed by atoms with Gasteiger partial charge in [-0.15, -0.1) is 0 Å². The summed E-state index contributed by atoms with van der Waals surface area (Å²) >= 11 is 5.87. The topological polar surface area (TPSA) is 0 Å². The molecule has 14 heavy (non-hydrogen) atoms. The van der Waals surface area contributed by atoms with Crippen LogP contribution >= 0.6 is 11.6 Å². The third-order valence-electron chi connectivity index (χ3n) is 2.12. The summed E-state index contributed by atoms with van der Waals surface area (Å²) in [5, 5.41) is 1.57. The largest absolute Gasteiger partial charge is 0.264 e. The van der Waals surface area contributed by atoms with Crippen molar-refractivity contribution in [3.05, 3.63) is 47.0 Å². The van der Waals surface area contributed by atoms with Gasteiger partial charge >= 0.3 is 0 Å². The zero-order valence-electron chi connectivity index (χ0n) is 7.18. The molecule has 0 amide bonds. The van der Waals surface area contributed by atoms with Crippen LogP contribution in [-0.2, 0) is 0 Å². The third-order valence-corrected chi connectivity index (χ3v) is 2.44. The molecule has 2 aromatic carbocycles. The Labute approximate surface area is 85.1 Å². The zero-order chi connectivity index (χ0) is 10.1. The van der Waals surface area contributed by atoms with E-state index in [4.69, 9.17) is 11.6 Å². The minimum absolute atomic E-state index is 0.00639. The molecule has 0 aliphatic carbocycles. The van der Waals surface area contributed by atoms with E-state index in [9.17, 15) is 8.78 Å². The molecule has 0 atom stereocenters. The van der Waals surface area contributed by atoms with Gasteiger partial charge in [0.05, 0.1) is 0 Å². The van der Waals surface area contributed by atoms with Gasteiger partial charge in [-0.1, -0.05) is 41.9 Å². The van der Waals surface area contributed by atoms with E-state index < -0.39 is 6.43 Å². The minimum Gasteiger partial charge on any atom is -0.205 e. The Morgan fingerprint density at radius 1 is 1.00 bits per heavy atom. The first-order valence-electron chi connectivity index (χ1n) is 4.15. The van der Waals surface area contributed by atoms with E-state index in [0.717, 1.165) is 5.39 Å². The monoisotopic (exact) mass is 212 g/mol. The first-order valence-corrected chi connectivity index (χ1v) is 4.53. The molecule has 2 rings (SSSR count). The molecular formula is C11H7ClF2. The Hall–Kier alpha value is -1.15. The number of fused-ring (bicyclic) bond motifs is 1. The molecule has 0 saturated carbocycles. The number of hydrogen-bond donors (Lipinski definition) is 0. The molecule has 2 aromatic rings. The molecular weight excluding hydrogens is 206 g/mol. The van der Waals surface area contributed by atoms with Crippen LogP contribution in [0.15, 0.2) is 36.4 Å². The van der Waals surface area contributed by atoms with Crippen molar-refractivity contribution in [2.24, 2.45) is 0 Å². The van der Waals surface area contributed by atoms with Gasteiger partial charge in [0.15, 0.2) is 0 Å². The van der Waals surface area contributed by atoms with Crippen LogP contribution in [-0.4, -0.2) is 0 Å². The van der Waals surface area contributed by atoms with Gasteiger partial charge in [-0.2, -0.15) is 0 Å². The standard InChI is InChI=1S/C11H7ClF2/c12-9-6-2-4-7-3-1-5-8(10(7)9)11(13)14/h1-6,11H. The highest BCUT2D eigenvalue weighted by Gasteiger charge is 2.12. The van der Waals surface area contributed by atoms with Gasteiger partial charge in [-0.3, -0.25) is 0 Å². The summed E-state index contributed by atoms with van der Waals surface area (Å²) in [5.41, 5.74) is -0.00639. The molecule has 0 aromatic heterocycles. The molecule has 72 valence electrons. The lowest BCUT2D eigenvalue weighted by Crippen LogP contribution is -1.86. The molecule has 0 saturated heterocycles.